The largest absolute Gasteiger partial charge is 0.493 e. The molecule has 1 amide bonds. The molecule has 0 saturated carbocycles. The first-order chi connectivity index (χ1) is 20.6. The van der Waals surface area contributed by atoms with E-state index in [1.54, 1.807) is 36.4 Å². The van der Waals surface area contributed by atoms with Crippen molar-refractivity contribution in [3.63, 3.8) is 0 Å². The third-order valence-corrected chi connectivity index (χ3v) is 6.99. The van der Waals surface area contributed by atoms with E-state index in [0.717, 1.165) is 12.1 Å². The Morgan fingerprint density at radius 3 is 2.33 bits per heavy atom. The molecule has 5 aromatic rings. The van der Waals surface area contributed by atoms with E-state index in [1.165, 1.54) is 44.8 Å². The maximum Gasteiger partial charge on any atom is 0.416 e. The lowest BCUT2D eigenvalue weighted by atomic mass is 10.1. The molecule has 2 aromatic heterocycles. The quantitative estimate of drug-likeness (QED) is 0.169. The lowest BCUT2D eigenvalue weighted by molar-refractivity contribution is -0.137. The Bertz CT molecular complexity index is 1760. The van der Waals surface area contributed by atoms with Crippen molar-refractivity contribution in [2.24, 2.45) is 0 Å². The highest BCUT2D eigenvalue weighted by Crippen LogP contribution is 2.42. The predicted molar refractivity (Wildman–Crippen MR) is 154 cm³/mol. The Morgan fingerprint density at radius 2 is 1.65 bits per heavy atom. The molecule has 2 heterocycles. The predicted octanol–water partition coefficient (Wildman–Crippen LogP) is 6.48. The fourth-order valence-electron chi connectivity index (χ4n) is 4.02. The van der Waals surface area contributed by atoms with Gasteiger partial charge < -0.3 is 35.1 Å². The fraction of sp³-hybridized carbons (Fsp3) is 0.143. The number of rotatable bonds is 9. The van der Waals surface area contributed by atoms with Gasteiger partial charge in [-0.25, -0.2) is 4.98 Å². The standard InChI is InChI=1S/C28H23F3N6O5S/c1-39-19-12-18(13-20(40-2)21(19)41-3)34-27-35-23(32)22(43-27)26-36-24(37-42-26)14-6-5-9-17(11-14)33-25(38)15-7-4-8-16(10-15)28(29,30)31/h4-13H,32H2,1-3H3,(H,33,38)(H,34,35). The van der Waals surface area contributed by atoms with E-state index >= 15 is 0 Å². The zero-order valence-electron chi connectivity index (χ0n) is 22.8. The minimum atomic E-state index is -4.57. The molecule has 0 fully saturated rings. The molecular weight excluding hydrogens is 589 g/mol. The van der Waals surface area contributed by atoms with Gasteiger partial charge in [0.05, 0.1) is 26.9 Å². The van der Waals surface area contributed by atoms with Gasteiger partial charge >= 0.3 is 6.18 Å². The van der Waals surface area contributed by atoms with E-state index < -0.39 is 17.6 Å². The average molecular weight is 613 g/mol. The van der Waals surface area contributed by atoms with Crippen LogP contribution in [0.2, 0.25) is 0 Å². The number of aromatic nitrogens is 3. The summed E-state index contributed by atoms with van der Waals surface area (Å²) < 4.78 is 60.7. The van der Waals surface area contributed by atoms with Crippen LogP contribution in [0.4, 0.5) is 35.5 Å². The second-order valence-electron chi connectivity index (χ2n) is 8.81. The maximum absolute atomic E-state index is 13.0. The van der Waals surface area contributed by atoms with Crippen LogP contribution in [0.1, 0.15) is 15.9 Å². The zero-order valence-corrected chi connectivity index (χ0v) is 23.6. The normalized spacial score (nSPS) is 11.2. The number of anilines is 4. The summed E-state index contributed by atoms with van der Waals surface area (Å²) in [7, 11) is 4.52. The molecule has 0 unspecified atom stereocenters. The van der Waals surface area contributed by atoms with Crippen molar-refractivity contribution < 1.29 is 36.7 Å². The first-order valence-corrected chi connectivity index (χ1v) is 13.2. The highest BCUT2D eigenvalue weighted by molar-refractivity contribution is 7.19. The van der Waals surface area contributed by atoms with Crippen LogP contribution in [-0.4, -0.2) is 42.4 Å². The number of methoxy groups -OCH3 is 3. The van der Waals surface area contributed by atoms with Crippen molar-refractivity contribution in [2.75, 3.05) is 37.7 Å². The van der Waals surface area contributed by atoms with E-state index in [9.17, 15) is 18.0 Å². The number of ether oxygens (including phenoxy) is 3. The van der Waals surface area contributed by atoms with Crippen LogP contribution in [0.15, 0.2) is 65.2 Å². The Kier molecular flexibility index (Phi) is 8.07. The minimum absolute atomic E-state index is 0.112. The number of benzene rings is 3. The van der Waals surface area contributed by atoms with Gasteiger partial charge in [0.15, 0.2) is 16.6 Å². The molecule has 3 aromatic carbocycles. The van der Waals surface area contributed by atoms with Crippen LogP contribution in [0.5, 0.6) is 17.2 Å². The Labute approximate surface area is 246 Å². The molecule has 0 spiro atoms. The molecule has 0 aliphatic heterocycles. The van der Waals surface area contributed by atoms with Gasteiger partial charge in [-0.3, -0.25) is 4.79 Å². The molecule has 43 heavy (non-hydrogen) atoms. The number of nitrogens with two attached hydrogens (primary N) is 1. The summed E-state index contributed by atoms with van der Waals surface area (Å²) in [5.74, 6) is 1.08. The molecule has 0 aliphatic carbocycles. The molecule has 0 saturated heterocycles. The van der Waals surface area contributed by atoms with Crippen molar-refractivity contribution in [3.8, 4) is 39.4 Å². The Hall–Kier alpha value is -5.31. The minimum Gasteiger partial charge on any atom is -0.493 e. The van der Waals surface area contributed by atoms with Gasteiger partial charge in [0, 0.05) is 34.6 Å². The van der Waals surface area contributed by atoms with Crippen molar-refractivity contribution in [2.45, 2.75) is 6.18 Å². The van der Waals surface area contributed by atoms with Gasteiger partial charge in [-0.05, 0) is 30.3 Å². The number of amides is 1. The van der Waals surface area contributed by atoms with Crippen LogP contribution < -0.4 is 30.6 Å². The zero-order chi connectivity index (χ0) is 30.7. The van der Waals surface area contributed by atoms with Gasteiger partial charge in [0.2, 0.25) is 11.6 Å². The number of thiazole rings is 1. The van der Waals surface area contributed by atoms with Crippen molar-refractivity contribution in [1.29, 1.82) is 0 Å². The Balaban J connectivity index is 1.34. The first kappa shape index (κ1) is 29.2. The molecule has 0 aliphatic rings. The summed E-state index contributed by atoms with van der Waals surface area (Å²) in [6.07, 6.45) is -4.57. The number of nitrogen functional groups attached to an aromatic ring is 1. The second-order valence-corrected chi connectivity index (χ2v) is 9.81. The van der Waals surface area contributed by atoms with E-state index in [4.69, 9.17) is 24.5 Å². The molecule has 5 rings (SSSR count). The summed E-state index contributed by atoms with van der Waals surface area (Å²) in [6, 6.07) is 14.0. The number of hydrogen-bond acceptors (Lipinski definition) is 11. The van der Waals surface area contributed by atoms with Gasteiger partial charge in [-0.1, -0.05) is 34.7 Å². The third-order valence-electron chi connectivity index (χ3n) is 6.02. The number of alkyl halides is 3. The number of halogens is 3. The summed E-state index contributed by atoms with van der Waals surface area (Å²) in [6.45, 7) is 0. The van der Waals surface area contributed by atoms with Crippen LogP contribution in [0.3, 0.4) is 0 Å². The fourth-order valence-corrected chi connectivity index (χ4v) is 4.85. The summed E-state index contributed by atoms with van der Waals surface area (Å²) in [5, 5.41) is 10.2. The van der Waals surface area contributed by atoms with Crippen LogP contribution in [-0.2, 0) is 6.18 Å². The lowest BCUT2D eigenvalue weighted by Crippen LogP contribution is -2.14. The third kappa shape index (κ3) is 6.30. The molecule has 222 valence electrons. The average Bonchev–Trinajstić information content (AvgIpc) is 3.63. The van der Waals surface area contributed by atoms with Crippen LogP contribution in [0, 0.1) is 0 Å². The number of carbonyl (C=O) groups excluding carboxylic acids is 1. The van der Waals surface area contributed by atoms with Crippen molar-refractivity contribution in [3.05, 3.63) is 71.8 Å². The molecule has 0 atom stereocenters. The van der Waals surface area contributed by atoms with Gasteiger partial charge in [-0.2, -0.15) is 18.2 Å². The van der Waals surface area contributed by atoms with Crippen LogP contribution in [0.25, 0.3) is 22.2 Å². The van der Waals surface area contributed by atoms with E-state index in [-0.39, 0.29) is 23.1 Å². The van der Waals surface area contributed by atoms with Crippen LogP contribution >= 0.6 is 11.3 Å². The first-order valence-electron chi connectivity index (χ1n) is 12.4. The molecule has 4 N–H and O–H groups in total. The Morgan fingerprint density at radius 1 is 0.930 bits per heavy atom. The molecule has 15 heteroatoms. The highest BCUT2D eigenvalue weighted by atomic mass is 32.1. The van der Waals surface area contributed by atoms with Crippen molar-refractivity contribution in [1.82, 2.24) is 15.1 Å². The molecule has 0 bridgehead atoms. The summed E-state index contributed by atoms with van der Waals surface area (Å²) in [4.78, 5) is 21.8. The number of carbonyl (C=O) groups is 1. The van der Waals surface area contributed by atoms with Crippen molar-refractivity contribution >= 4 is 39.6 Å². The number of nitrogens with zero attached hydrogens (tertiary/aromatic N) is 3. The van der Waals surface area contributed by atoms with E-state index in [0.29, 0.717) is 44.2 Å². The monoisotopic (exact) mass is 612 g/mol. The van der Waals surface area contributed by atoms with E-state index in [1.807, 2.05) is 0 Å². The molecular formula is C28H23F3N6O5S. The summed E-state index contributed by atoms with van der Waals surface area (Å²) in [5.41, 5.74) is 6.49. The molecule has 11 nitrogen and oxygen atoms in total. The second kappa shape index (κ2) is 11.9. The number of hydrogen-bond donors (Lipinski definition) is 3. The molecule has 0 radical (unpaired) electrons. The topological polar surface area (TPSA) is 147 Å². The van der Waals surface area contributed by atoms with Gasteiger partial charge in [0.25, 0.3) is 11.8 Å². The highest BCUT2D eigenvalue weighted by Gasteiger charge is 2.31. The number of nitrogens with one attached hydrogen (secondary N) is 2. The SMILES string of the molecule is COc1cc(Nc2nc(N)c(-c3nc(-c4cccc(NC(=O)c5cccc(C(F)(F)F)c5)c4)no3)s2)cc(OC)c1OC. The maximum atomic E-state index is 13.0. The summed E-state index contributed by atoms with van der Waals surface area (Å²) >= 11 is 1.17. The lowest BCUT2D eigenvalue weighted by Gasteiger charge is -2.14. The smallest absolute Gasteiger partial charge is 0.416 e. The van der Waals surface area contributed by atoms with Gasteiger partial charge in [-0.15, -0.1) is 0 Å². The van der Waals surface area contributed by atoms with Gasteiger partial charge in [0.1, 0.15) is 10.7 Å². The van der Waals surface area contributed by atoms with E-state index in [2.05, 4.69) is 25.8 Å².